The number of rotatable bonds is 7. The van der Waals surface area contributed by atoms with E-state index in [1.165, 1.54) is 0 Å². The van der Waals surface area contributed by atoms with Gasteiger partial charge in [0.1, 0.15) is 45.3 Å². The van der Waals surface area contributed by atoms with Gasteiger partial charge in [0.25, 0.3) is 0 Å². The number of hydrogen-bond donors (Lipinski definition) is 0. The van der Waals surface area contributed by atoms with E-state index in [1.807, 2.05) is 128 Å². The topological polar surface area (TPSA) is 89.5 Å². The molecule has 53 heavy (non-hydrogen) atoms. The van der Waals surface area contributed by atoms with Gasteiger partial charge in [-0.3, -0.25) is 0 Å². The summed E-state index contributed by atoms with van der Waals surface area (Å²) in [6.45, 7) is 8.36. The number of hydrogen-bond acceptors (Lipinski definition) is 8. The first-order chi connectivity index (χ1) is 25.7. The van der Waals surface area contributed by atoms with E-state index in [0.29, 0.717) is 56.5 Å². The van der Waals surface area contributed by atoms with Gasteiger partial charge >= 0.3 is 16.5 Å². The van der Waals surface area contributed by atoms with Crippen molar-refractivity contribution in [2.24, 2.45) is 0 Å². The maximum atomic E-state index is 6.97. The highest BCUT2D eigenvalue weighted by molar-refractivity contribution is 7.32. The van der Waals surface area contributed by atoms with Crippen molar-refractivity contribution in [2.45, 2.75) is 33.1 Å². The summed E-state index contributed by atoms with van der Waals surface area (Å²) in [5, 5.41) is 3.71. The third-order valence-electron chi connectivity index (χ3n) is 9.03. The summed E-state index contributed by atoms with van der Waals surface area (Å²) in [4.78, 5) is 0. The minimum atomic E-state index is -2.00. The van der Waals surface area contributed by atoms with Crippen molar-refractivity contribution < 1.29 is 35.3 Å². The van der Waals surface area contributed by atoms with Crippen molar-refractivity contribution in [3.8, 4) is 34.1 Å². The van der Waals surface area contributed by atoms with Crippen LogP contribution < -0.4 is 18.5 Å². The van der Waals surface area contributed by atoms with E-state index in [9.17, 15) is 0 Å². The van der Waals surface area contributed by atoms with Crippen LogP contribution >= 0.6 is 16.5 Å². The largest absolute Gasteiger partial charge is 0.497 e. The SMILES string of the molecule is COc1cc(C)c(Op2oc3ccccc3c3ccccc3o2)c(-c2cc(OC)cc(C(C)(C)C)c2Op2oc3ccccc3c3ccccc3o2)c1. The van der Waals surface area contributed by atoms with E-state index in [-0.39, 0.29) is 0 Å². The molecule has 0 amide bonds. The van der Waals surface area contributed by atoms with E-state index in [2.05, 4.69) is 20.8 Å². The lowest BCUT2D eigenvalue weighted by molar-refractivity contribution is 0.410. The Hall–Kier alpha value is -5.68. The number of benzene rings is 6. The zero-order valence-electron chi connectivity index (χ0n) is 30.2. The molecule has 0 saturated heterocycles. The summed E-state index contributed by atoms with van der Waals surface area (Å²) >= 11 is 0. The zero-order valence-corrected chi connectivity index (χ0v) is 32.0. The average molecular weight is 745 g/mol. The molecule has 8 rings (SSSR count). The molecule has 8 aromatic rings. The molecule has 2 heterocycles. The maximum absolute atomic E-state index is 6.97. The molecule has 0 bridgehead atoms. The third kappa shape index (κ3) is 6.72. The molecule has 0 aliphatic rings. The van der Waals surface area contributed by atoms with Gasteiger partial charge in [0.05, 0.1) is 14.2 Å². The van der Waals surface area contributed by atoms with Gasteiger partial charge in [-0.1, -0.05) is 93.6 Å². The Morgan fingerprint density at radius 3 is 1.23 bits per heavy atom. The molecule has 268 valence electrons. The summed E-state index contributed by atoms with van der Waals surface area (Å²) in [6, 6.07) is 39.3. The van der Waals surface area contributed by atoms with E-state index < -0.39 is 21.9 Å². The Bertz CT molecular complexity index is 2610. The van der Waals surface area contributed by atoms with Crippen LogP contribution in [-0.2, 0) is 5.41 Å². The van der Waals surface area contributed by atoms with Gasteiger partial charge < -0.3 is 35.3 Å². The molecule has 0 unspecified atom stereocenters. The number of aryl methyl sites for hydroxylation is 1. The van der Waals surface area contributed by atoms with Gasteiger partial charge in [-0.05, 0) is 66.4 Å². The van der Waals surface area contributed by atoms with Crippen LogP contribution in [0, 0.1) is 6.92 Å². The molecule has 0 N–H and O–H groups in total. The molecule has 0 atom stereocenters. The molecular formula is C43H38O8P2. The fourth-order valence-electron chi connectivity index (χ4n) is 6.41. The molecule has 0 saturated carbocycles. The lowest BCUT2D eigenvalue weighted by Crippen LogP contribution is -2.13. The monoisotopic (exact) mass is 744 g/mol. The summed E-state index contributed by atoms with van der Waals surface area (Å²) in [7, 11) is -0.672. The average Bonchev–Trinajstić information content (AvgIpc) is 3.42. The highest BCUT2D eigenvalue weighted by Gasteiger charge is 2.29. The summed E-state index contributed by atoms with van der Waals surface area (Å²) < 4.78 is 51.6. The van der Waals surface area contributed by atoms with Crippen molar-refractivity contribution in [2.75, 3.05) is 14.2 Å². The van der Waals surface area contributed by atoms with Crippen LogP contribution in [0.3, 0.4) is 0 Å². The van der Waals surface area contributed by atoms with E-state index in [0.717, 1.165) is 32.7 Å². The van der Waals surface area contributed by atoms with Crippen molar-refractivity contribution in [1.29, 1.82) is 0 Å². The number of fused-ring (bicyclic) bond motifs is 6. The van der Waals surface area contributed by atoms with Gasteiger partial charge in [-0.15, -0.1) is 0 Å². The Labute approximate surface area is 308 Å². The fraction of sp³-hybridized carbons (Fsp3) is 0.163. The lowest BCUT2D eigenvalue weighted by atomic mass is 9.83. The van der Waals surface area contributed by atoms with Crippen molar-refractivity contribution in [3.63, 3.8) is 0 Å². The second-order valence-corrected chi connectivity index (χ2v) is 15.6. The first-order valence-corrected chi connectivity index (χ1v) is 19.4. The van der Waals surface area contributed by atoms with Crippen LogP contribution in [0.15, 0.2) is 138 Å². The molecule has 0 fully saturated rings. The van der Waals surface area contributed by atoms with E-state index in [1.54, 1.807) is 14.2 Å². The Kier molecular flexibility index (Phi) is 9.11. The summed E-state index contributed by atoms with van der Waals surface area (Å²) in [5.41, 5.74) is 5.35. The molecule has 0 aliphatic carbocycles. The van der Waals surface area contributed by atoms with Crippen LogP contribution in [0.2, 0.25) is 0 Å². The standard InChI is InChI=1S/C43H38O8P2/c1-27-23-28(44-5)24-34(41(27)50-52-46-37-19-11-7-15-30(37)31-16-8-12-20-38(31)47-52)35-25-29(45-6)26-36(43(2,3)4)42(35)51-53-48-39-21-13-9-17-32(39)33-18-10-14-22-40(33)49-53/h7-26H,1-6H3. The van der Waals surface area contributed by atoms with Gasteiger partial charge in [-0.2, -0.15) is 0 Å². The predicted octanol–water partition coefficient (Wildman–Crippen LogP) is 13.9. The van der Waals surface area contributed by atoms with E-state index in [4.69, 9.17) is 35.3 Å². The van der Waals surface area contributed by atoms with Crippen LogP contribution in [0.25, 0.3) is 55.0 Å². The van der Waals surface area contributed by atoms with Crippen LogP contribution in [0.1, 0.15) is 31.9 Å². The maximum Gasteiger partial charge on any atom is 0.453 e. The minimum Gasteiger partial charge on any atom is -0.497 e. The fourth-order valence-corrected chi connectivity index (χ4v) is 8.65. The molecule has 0 aliphatic heterocycles. The second-order valence-electron chi connectivity index (χ2n) is 13.6. The van der Waals surface area contributed by atoms with Gasteiger partial charge in [0, 0.05) is 38.2 Å². The Morgan fingerprint density at radius 1 is 0.472 bits per heavy atom. The molecule has 6 aromatic carbocycles. The van der Waals surface area contributed by atoms with Crippen LogP contribution in [0.5, 0.6) is 23.0 Å². The highest BCUT2D eigenvalue weighted by atomic mass is 31.1. The number of para-hydroxylation sites is 4. The van der Waals surface area contributed by atoms with E-state index >= 15 is 0 Å². The van der Waals surface area contributed by atoms with Crippen LogP contribution in [0.4, 0.5) is 0 Å². The first-order valence-electron chi connectivity index (χ1n) is 17.2. The highest BCUT2D eigenvalue weighted by Crippen LogP contribution is 2.52. The predicted molar refractivity (Wildman–Crippen MR) is 213 cm³/mol. The molecule has 2 aromatic heterocycles. The molecule has 0 radical (unpaired) electrons. The zero-order chi connectivity index (χ0) is 36.7. The molecule has 8 nitrogen and oxygen atoms in total. The third-order valence-corrected chi connectivity index (χ3v) is 11.1. The molecule has 10 heteroatoms. The number of methoxy groups -OCH3 is 2. The lowest BCUT2D eigenvalue weighted by Gasteiger charge is -2.25. The summed E-state index contributed by atoms with van der Waals surface area (Å²) in [5.74, 6) is 2.38. The normalized spacial score (nSPS) is 11.6. The number of ether oxygens (including phenoxy) is 2. The Morgan fingerprint density at radius 2 is 0.830 bits per heavy atom. The summed E-state index contributed by atoms with van der Waals surface area (Å²) in [6.07, 6.45) is 0. The Balaban J connectivity index is 1.39. The van der Waals surface area contributed by atoms with Crippen molar-refractivity contribution >= 4 is 60.4 Å². The van der Waals surface area contributed by atoms with Gasteiger partial charge in [0.15, 0.2) is 0 Å². The molecular weight excluding hydrogens is 706 g/mol. The van der Waals surface area contributed by atoms with Crippen molar-refractivity contribution in [1.82, 2.24) is 0 Å². The quantitative estimate of drug-likeness (QED) is 0.159. The molecule has 0 spiro atoms. The smallest absolute Gasteiger partial charge is 0.453 e. The second kappa shape index (κ2) is 14.0. The van der Waals surface area contributed by atoms with Crippen molar-refractivity contribution in [3.05, 3.63) is 132 Å². The van der Waals surface area contributed by atoms with Crippen LogP contribution in [-0.4, -0.2) is 14.2 Å². The minimum absolute atomic E-state index is 0.393. The van der Waals surface area contributed by atoms with Gasteiger partial charge in [0.2, 0.25) is 0 Å². The first kappa shape index (κ1) is 34.4. The van der Waals surface area contributed by atoms with Gasteiger partial charge in [-0.25, -0.2) is 0 Å².